The number of para-hydroxylation sites is 1. The molecule has 1 aromatic carbocycles. The lowest BCUT2D eigenvalue weighted by molar-refractivity contribution is -0.131. The van der Waals surface area contributed by atoms with E-state index in [2.05, 4.69) is 5.32 Å². The molecule has 23 heavy (non-hydrogen) atoms. The van der Waals surface area contributed by atoms with Gasteiger partial charge in [0.25, 0.3) is 5.91 Å². The number of nitriles is 1. The van der Waals surface area contributed by atoms with Crippen LogP contribution in [0.2, 0.25) is 0 Å². The number of likely N-dealkylation sites (tertiary alicyclic amines) is 1. The molecule has 0 unspecified atom stereocenters. The zero-order valence-electron chi connectivity index (χ0n) is 13.2. The van der Waals surface area contributed by atoms with E-state index in [-0.39, 0.29) is 18.2 Å². The summed E-state index contributed by atoms with van der Waals surface area (Å²) in [5, 5.41) is 11.5. The minimum atomic E-state index is -0.148. The van der Waals surface area contributed by atoms with E-state index in [1.165, 1.54) is 0 Å². The van der Waals surface area contributed by atoms with Gasteiger partial charge < -0.3 is 15.0 Å². The van der Waals surface area contributed by atoms with Crippen LogP contribution in [0.5, 0.6) is 5.75 Å². The molecular weight excluding hydrogens is 294 g/mol. The maximum absolute atomic E-state index is 12.2. The molecule has 0 atom stereocenters. The molecule has 1 aromatic rings. The fourth-order valence-electron chi connectivity index (χ4n) is 2.73. The Morgan fingerprint density at radius 3 is 2.70 bits per heavy atom. The molecule has 6 nitrogen and oxygen atoms in total. The Morgan fingerprint density at radius 1 is 1.35 bits per heavy atom. The summed E-state index contributed by atoms with van der Waals surface area (Å²) in [6.45, 7) is 1.88. The molecule has 1 aliphatic heterocycles. The van der Waals surface area contributed by atoms with Crippen molar-refractivity contribution in [3.05, 3.63) is 29.8 Å². The molecule has 1 saturated heterocycles. The zero-order valence-corrected chi connectivity index (χ0v) is 13.2. The second-order valence-electron chi connectivity index (χ2n) is 5.57. The van der Waals surface area contributed by atoms with Crippen molar-refractivity contribution in [1.82, 2.24) is 10.2 Å². The fraction of sp³-hybridized carbons (Fsp3) is 0.471. The van der Waals surface area contributed by atoms with Crippen molar-refractivity contribution in [1.29, 1.82) is 5.26 Å². The first-order valence-electron chi connectivity index (χ1n) is 7.71. The SMILES string of the molecule is COc1ccccc1C(=O)NCC1CCN(C(=O)CC#N)CC1. The number of piperidine rings is 1. The third kappa shape index (κ3) is 4.46. The van der Waals surface area contributed by atoms with Crippen LogP contribution in [0.3, 0.4) is 0 Å². The van der Waals surface area contributed by atoms with E-state index in [4.69, 9.17) is 10.00 Å². The van der Waals surface area contributed by atoms with E-state index in [1.54, 1.807) is 30.2 Å². The van der Waals surface area contributed by atoms with Gasteiger partial charge in [-0.15, -0.1) is 0 Å². The molecular formula is C17H21N3O3. The van der Waals surface area contributed by atoms with Crippen molar-refractivity contribution < 1.29 is 14.3 Å². The van der Waals surface area contributed by atoms with Crippen LogP contribution in [0.25, 0.3) is 0 Å². The van der Waals surface area contributed by atoms with E-state index in [1.807, 2.05) is 12.1 Å². The van der Waals surface area contributed by atoms with Gasteiger partial charge in [-0.2, -0.15) is 5.26 Å². The summed E-state index contributed by atoms with van der Waals surface area (Å²) in [5.41, 5.74) is 0.525. The van der Waals surface area contributed by atoms with Gasteiger partial charge in [0.15, 0.2) is 0 Å². The second kappa shape index (κ2) is 8.18. The molecule has 2 amide bonds. The fourth-order valence-corrected chi connectivity index (χ4v) is 2.73. The van der Waals surface area contributed by atoms with Gasteiger partial charge in [-0.25, -0.2) is 0 Å². The molecule has 0 bridgehead atoms. The smallest absolute Gasteiger partial charge is 0.255 e. The largest absolute Gasteiger partial charge is 0.496 e. The standard InChI is InChI=1S/C17H21N3O3/c1-23-15-5-3-2-4-14(15)17(22)19-12-13-7-10-20(11-8-13)16(21)6-9-18/h2-5,13H,6-8,10-12H2,1H3,(H,19,22). The van der Waals surface area contributed by atoms with Crippen LogP contribution in [0.15, 0.2) is 24.3 Å². The summed E-state index contributed by atoms with van der Waals surface area (Å²) >= 11 is 0. The highest BCUT2D eigenvalue weighted by molar-refractivity contribution is 5.96. The molecule has 0 aromatic heterocycles. The molecule has 122 valence electrons. The highest BCUT2D eigenvalue weighted by Gasteiger charge is 2.23. The van der Waals surface area contributed by atoms with E-state index in [9.17, 15) is 9.59 Å². The Hall–Kier alpha value is -2.55. The number of amides is 2. The zero-order chi connectivity index (χ0) is 16.7. The maximum atomic E-state index is 12.2. The van der Waals surface area contributed by atoms with E-state index in [0.29, 0.717) is 36.9 Å². The van der Waals surface area contributed by atoms with Crippen LogP contribution < -0.4 is 10.1 Å². The van der Waals surface area contributed by atoms with Crippen molar-refractivity contribution >= 4 is 11.8 Å². The van der Waals surface area contributed by atoms with Gasteiger partial charge >= 0.3 is 0 Å². The monoisotopic (exact) mass is 315 g/mol. The van der Waals surface area contributed by atoms with Crippen molar-refractivity contribution in [3.63, 3.8) is 0 Å². The average Bonchev–Trinajstić information content (AvgIpc) is 2.60. The Balaban J connectivity index is 1.80. The first-order valence-corrected chi connectivity index (χ1v) is 7.71. The summed E-state index contributed by atoms with van der Waals surface area (Å²) < 4.78 is 5.19. The molecule has 1 heterocycles. The molecule has 6 heteroatoms. The number of carbonyl (C=O) groups excluding carboxylic acids is 2. The highest BCUT2D eigenvalue weighted by Crippen LogP contribution is 2.19. The van der Waals surface area contributed by atoms with Crippen molar-refractivity contribution in [2.24, 2.45) is 5.92 Å². The summed E-state index contributed by atoms with van der Waals surface area (Å²) in [6, 6.07) is 9.00. The summed E-state index contributed by atoms with van der Waals surface area (Å²) in [6.07, 6.45) is 1.61. The van der Waals surface area contributed by atoms with Gasteiger partial charge in [-0.3, -0.25) is 9.59 Å². The second-order valence-corrected chi connectivity index (χ2v) is 5.57. The van der Waals surface area contributed by atoms with Gasteiger partial charge in [-0.05, 0) is 30.9 Å². The number of nitrogens with zero attached hydrogens (tertiary/aromatic N) is 2. The number of hydrogen-bond acceptors (Lipinski definition) is 4. The van der Waals surface area contributed by atoms with Crippen molar-refractivity contribution in [2.45, 2.75) is 19.3 Å². The van der Waals surface area contributed by atoms with E-state index in [0.717, 1.165) is 12.8 Å². The predicted octanol–water partition coefficient (Wildman–Crippen LogP) is 1.58. The minimum Gasteiger partial charge on any atom is -0.496 e. The van der Waals surface area contributed by atoms with Gasteiger partial charge in [0, 0.05) is 19.6 Å². The van der Waals surface area contributed by atoms with Crippen LogP contribution in [-0.4, -0.2) is 43.5 Å². The lowest BCUT2D eigenvalue weighted by Crippen LogP contribution is -2.41. The summed E-state index contributed by atoms with van der Waals surface area (Å²) in [5.74, 6) is 0.649. The molecule has 0 radical (unpaired) electrons. The van der Waals surface area contributed by atoms with Gasteiger partial charge in [-0.1, -0.05) is 12.1 Å². The Kier molecular flexibility index (Phi) is 5.98. The average molecular weight is 315 g/mol. The number of carbonyl (C=O) groups is 2. The van der Waals surface area contributed by atoms with Crippen LogP contribution in [-0.2, 0) is 4.79 Å². The van der Waals surface area contributed by atoms with Crippen LogP contribution in [0.1, 0.15) is 29.6 Å². The lowest BCUT2D eigenvalue weighted by atomic mass is 9.96. The first-order chi connectivity index (χ1) is 11.2. The quantitative estimate of drug-likeness (QED) is 0.894. The molecule has 1 N–H and O–H groups in total. The first kappa shape index (κ1) is 16.8. The van der Waals surface area contributed by atoms with Crippen molar-refractivity contribution in [3.8, 4) is 11.8 Å². The molecule has 2 rings (SSSR count). The maximum Gasteiger partial charge on any atom is 0.255 e. The molecule has 1 aliphatic rings. The number of hydrogen-bond donors (Lipinski definition) is 1. The molecule has 0 saturated carbocycles. The van der Waals surface area contributed by atoms with E-state index < -0.39 is 0 Å². The Morgan fingerprint density at radius 2 is 2.04 bits per heavy atom. The summed E-state index contributed by atoms with van der Waals surface area (Å²) in [7, 11) is 1.54. The Bertz CT molecular complexity index is 601. The van der Waals surface area contributed by atoms with Crippen LogP contribution in [0.4, 0.5) is 0 Å². The third-order valence-corrected chi connectivity index (χ3v) is 4.10. The van der Waals surface area contributed by atoms with Crippen molar-refractivity contribution in [2.75, 3.05) is 26.7 Å². The molecule has 0 aliphatic carbocycles. The summed E-state index contributed by atoms with van der Waals surface area (Å²) in [4.78, 5) is 25.6. The number of ether oxygens (including phenoxy) is 1. The van der Waals surface area contributed by atoms with Gasteiger partial charge in [0.05, 0.1) is 18.7 Å². The predicted molar refractivity (Wildman–Crippen MR) is 84.9 cm³/mol. The van der Waals surface area contributed by atoms with Gasteiger partial charge in [0.2, 0.25) is 5.91 Å². The van der Waals surface area contributed by atoms with E-state index >= 15 is 0 Å². The van der Waals surface area contributed by atoms with Crippen LogP contribution in [0, 0.1) is 17.2 Å². The number of nitrogens with one attached hydrogen (secondary N) is 1. The highest BCUT2D eigenvalue weighted by atomic mass is 16.5. The van der Waals surface area contributed by atoms with Gasteiger partial charge in [0.1, 0.15) is 12.2 Å². The minimum absolute atomic E-state index is 0.0603. The number of methoxy groups -OCH3 is 1. The third-order valence-electron chi connectivity index (χ3n) is 4.10. The normalized spacial score (nSPS) is 14.9. The molecule has 0 spiro atoms. The number of rotatable bonds is 5. The Labute approximate surface area is 136 Å². The molecule has 1 fully saturated rings. The topological polar surface area (TPSA) is 82.4 Å². The van der Waals surface area contributed by atoms with Crippen LogP contribution >= 0.6 is 0 Å². The number of benzene rings is 1. The lowest BCUT2D eigenvalue weighted by Gasteiger charge is -2.31.